The number of halogens is 2. The molecule has 2 unspecified atom stereocenters. The molecule has 2 rings (SSSR count). The molecule has 98 valence electrons. The second-order valence-corrected chi connectivity index (χ2v) is 4.73. The molecule has 0 saturated carbocycles. The van der Waals surface area contributed by atoms with Crippen LogP contribution in [0.5, 0.6) is 0 Å². The van der Waals surface area contributed by atoms with Gasteiger partial charge in [-0.1, -0.05) is 12.2 Å². The van der Waals surface area contributed by atoms with Gasteiger partial charge in [-0.2, -0.15) is 0 Å². The number of hydrogen-bond donors (Lipinski definition) is 2. The van der Waals surface area contributed by atoms with Crippen LogP contribution >= 0.6 is 12.2 Å². The van der Waals surface area contributed by atoms with Crippen LogP contribution in [-0.4, -0.2) is 23.7 Å². The van der Waals surface area contributed by atoms with Crippen molar-refractivity contribution in [2.45, 2.75) is 25.5 Å². The van der Waals surface area contributed by atoms with E-state index in [4.69, 9.17) is 22.7 Å². The summed E-state index contributed by atoms with van der Waals surface area (Å²) >= 11 is 4.69. The number of hydrogen-bond acceptors (Lipinski definition) is 3. The van der Waals surface area contributed by atoms with Gasteiger partial charge in [0.2, 0.25) is 0 Å². The minimum absolute atomic E-state index is 0.0306. The molecule has 0 radical (unpaired) electrons. The molecule has 18 heavy (non-hydrogen) atoms. The summed E-state index contributed by atoms with van der Waals surface area (Å²) < 4.78 is 32.9. The van der Waals surface area contributed by atoms with Crippen molar-refractivity contribution >= 4 is 22.9 Å². The minimum atomic E-state index is -0.697. The summed E-state index contributed by atoms with van der Waals surface area (Å²) in [5.41, 5.74) is 5.37. The highest BCUT2D eigenvalue weighted by atomic mass is 32.1. The van der Waals surface area contributed by atoms with Crippen LogP contribution in [0.1, 0.15) is 18.9 Å². The Bertz CT molecular complexity index is 458. The zero-order valence-electron chi connectivity index (χ0n) is 9.87. The van der Waals surface area contributed by atoms with Gasteiger partial charge in [-0.3, -0.25) is 0 Å². The zero-order valence-corrected chi connectivity index (χ0v) is 10.7. The topological polar surface area (TPSA) is 47.3 Å². The van der Waals surface area contributed by atoms with Crippen molar-refractivity contribution in [2.75, 3.05) is 11.9 Å². The first-order valence-electron chi connectivity index (χ1n) is 5.66. The number of rotatable bonds is 3. The van der Waals surface area contributed by atoms with E-state index in [-0.39, 0.29) is 28.4 Å². The van der Waals surface area contributed by atoms with Gasteiger partial charge >= 0.3 is 0 Å². The number of nitrogens with two attached hydrogens (primary N) is 1. The second kappa shape index (κ2) is 5.16. The first kappa shape index (κ1) is 13.2. The van der Waals surface area contributed by atoms with E-state index in [0.29, 0.717) is 6.61 Å². The number of thiocarbonyl (C=S) groups is 1. The summed E-state index contributed by atoms with van der Waals surface area (Å²) in [4.78, 5) is -0.0306. The summed E-state index contributed by atoms with van der Waals surface area (Å²) in [5, 5.41) is 2.83. The van der Waals surface area contributed by atoms with Gasteiger partial charge in [0.05, 0.1) is 12.1 Å². The average molecular weight is 272 g/mol. The molecule has 1 aliphatic rings. The van der Waals surface area contributed by atoms with Crippen molar-refractivity contribution in [3.8, 4) is 0 Å². The van der Waals surface area contributed by atoms with Gasteiger partial charge in [0, 0.05) is 12.2 Å². The van der Waals surface area contributed by atoms with Crippen molar-refractivity contribution in [2.24, 2.45) is 5.73 Å². The van der Waals surface area contributed by atoms with Gasteiger partial charge in [-0.15, -0.1) is 0 Å². The Morgan fingerprint density at radius 2 is 2.06 bits per heavy atom. The molecule has 1 aromatic carbocycles. The van der Waals surface area contributed by atoms with Crippen LogP contribution in [0.15, 0.2) is 12.1 Å². The number of benzene rings is 1. The Labute approximate surface area is 109 Å². The van der Waals surface area contributed by atoms with Crippen LogP contribution in [0.3, 0.4) is 0 Å². The molecular weight excluding hydrogens is 258 g/mol. The Kier molecular flexibility index (Phi) is 3.77. The van der Waals surface area contributed by atoms with E-state index in [1.165, 1.54) is 0 Å². The fourth-order valence-electron chi connectivity index (χ4n) is 1.96. The van der Waals surface area contributed by atoms with Gasteiger partial charge in [-0.25, -0.2) is 8.78 Å². The maximum atomic E-state index is 13.8. The lowest BCUT2D eigenvalue weighted by molar-refractivity contribution is 0.121. The maximum absolute atomic E-state index is 13.8. The van der Waals surface area contributed by atoms with E-state index in [0.717, 1.165) is 18.6 Å². The van der Waals surface area contributed by atoms with Gasteiger partial charge < -0.3 is 15.8 Å². The van der Waals surface area contributed by atoms with Gasteiger partial charge in [0.25, 0.3) is 0 Å². The summed E-state index contributed by atoms with van der Waals surface area (Å²) in [5.74, 6) is -1.39. The van der Waals surface area contributed by atoms with Crippen molar-refractivity contribution in [1.82, 2.24) is 0 Å². The first-order chi connectivity index (χ1) is 8.49. The van der Waals surface area contributed by atoms with E-state index in [1.807, 2.05) is 6.92 Å². The van der Waals surface area contributed by atoms with Gasteiger partial charge in [0.1, 0.15) is 22.3 Å². The maximum Gasteiger partial charge on any atom is 0.150 e. The molecular formula is C12H14F2N2OS. The van der Waals surface area contributed by atoms with E-state index < -0.39 is 11.6 Å². The standard InChI is InChI=1S/C12H14F2N2OS/c1-6-10(2-3-17-6)16-11-8(13)4-7(12(15)18)5-9(11)14/h4-6,10,16H,2-3H2,1H3,(H2,15,18). The third-order valence-electron chi connectivity index (χ3n) is 3.03. The Morgan fingerprint density at radius 3 is 2.50 bits per heavy atom. The quantitative estimate of drug-likeness (QED) is 0.828. The molecule has 1 aromatic rings. The summed E-state index contributed by atoms with van der Waals surface area (Å²) in [6, 6.07) is 2.17. The monoisotopic (exact) mass is 272 g/mol. The van der Waals surface area contributed by atoms with Crippen molar-refractivity contribution < 1.29 is 13.5 Å². The first-order valence-corrected chi connectivity index (χ1v) is 6.07. The van der Waals surface area contributed by atoms with E-state index >= 15 is 0 Å². The lowest BCUT2D eigenvalue weighted by Gasteiger charge is -2.18. The largest absolute Gasteiger partial charge is 0.389 e. The highest BCUT2D eigenvalue weighted by Gasteiger charge is 2.26. The van der Waals surface area contributed by atoms with Gasteiger partial charge in [-0.05, 0) is 25.5 Å². The normalized spacial score (nSPS) is 23.1. The van der Waals surface area contributed by atoms with Crippen molar-refractivity contribution in [3.05, 3.63) is 29.3 Å². The molecule has 0 aliphatic carbocycles. The molecule has 2 atom stereocenters. The molecule has 3 nitrogen and oxygen atoms in total. The molecule has 6 heteroatoms. The SMILES string of the molecule is CC1OCCC1Nc1c(F)cc(C(N)=S)cc1F. The molecule has 1 heterocycles. The Morgan fingerprint density at radius 1 is 1.44 bits per heavy atom. The molecule has 0 aromatic heterocycles. The fraction of sp³-hybridized carbons (Fsp3) is 0.417. The Hall–Kier alpha value is -1.27. The van der Waals surface area contributed by atoms with E-state index in [1.54, 1.807) is 0 Å². The smallest absolute Gasteiger partial charge is 0.150 e. The third kappa shape index (κ3) is 2.59. The van der Waals surface area contributed by atoms with Crippen LogP contribution in [0.2, 0.25) is 0 Å². The number of nitrogens with one attached hydrogen (secondary N) is 1. The highest BCUT2D eigenvalue weighted by Crippen LogP contribution is 2.25. The molecule has 1 aliphatic heterocycles. The molecule has 0 amide bonds. The van der Waals surface area contributed by atoms with Crippen LogP contribution < -0.4 is 11.1 Å². The number of ether oxygens (including phenoxy) is 1. The Balaban J connectivity index is 2.25. The van der Waals surface area contributed by atoms with Gasteiger partial charge in [0.15, 0.2) is 0 Å². The molecule has 0 bridgehead atoms. The predicted molar refractivity (Wildman–Crippen MR) is 69.7 cm³/mol. The van der Waals surface area contributed by atoms with Crippen LogP contribution in [-0.2, 0) is 4.74 Å². The van der Waals surface area contributed by atoms with E-state index in [2.05, 4.69) is 5.32 Å². The lowest BCUT2D eigenvalue weighted by atomic mass is 10.1. The zero-order chi connectivity index (χ0) is 13.3. The van der Waals surface area contributed by atoms with Crippen molar-refractivity contribution in [3.63, 3.8) is 0 Å². The number of anilines is 1. The summed E-state index contributed by atoms with van der Waals surface area (Å²) in [6.07, 6.45) is 0.649. The second-order valence-electron chi connectivity index (χ2n) is 4.29. The summed E-state index contributed by atoms with van der Waals surface area (Å²) in [6.45, 7) is 2.46. The lowest BCUT2D eigenvalue weighted by Crippen LogP contribution is -2.27. The van der Waals surface area contributed by atoms with Crippen LogP contribution in [0, 0.1) is 11.6 Å². The molecule has 1 saturated heterocycles. The van der Waals surface area contributed by atoms with Crippen LogP contribution in [0.4, 0.5) is 14.5 Å². The van der Waals surface area contributed by atoms with Crippen LogP contribution in [0.25, 0.3) is 0 Å². The average Bonchev–Trinajstić information content (AvgIpc) is 2.69. The molecule has 0 spiro atoms. The molecule has 1 fully saturated rings. The van der Waals surface area contributed by atoms with Crippen molar-refractivity contribution in [1.29, 1.82) is 0 Å². The predicted octanol–water partition coefficient (Wildman–Crippen LogP) is 2.19. The molecule has 3 N–H and O–H groups in total. The minimum Gasteiger partial charge on any atom is -0.389 e. The third-order valence-corrected chi connectivity index (χ3v) is 3.27. The fourth-order valence-corrected chi connectivity index (χ4v) is 2.08. The summed E-state index contributed by atoms with van der Waals surface area (Å²) in [7, 11) is 0. The van der Waals surface area contributed by atoms with E-state index in [9.17, 15) is 8.78 Å². The highest BCUT2D eigenvalue weighted by molar-refractivity contribution is 7.80.